The second-order valence-electron chi connectivity index (χ2n) is 6.78. The first kappa shape index (κ1) is 19.9. The summed E-state index contributed by atoms with van der Waals surface area (Å²) >= 11 is 5.99. The summed E-state index contributed by atoms with van der Waals surface area (Å²) < 4.78 is 27.2. The predicted molar refractivity (Wildman–Crippen MR) is 106 cm³/mol. The number of amides is 1. The van der Waals surface area contributed by atoms with E-state index < -0.39 is 10.0 Å². The summed E-state index contributed by atoms with van der Waals surface area (Å²) in [4.78, 5) is 14.5. The lowest BCUT2D eigenvalue weighted by atomic mass is 10.1. The molecule has 0 spiro atoms. The van der Waals surface area contributed by atoms with Crippen molar-refractivity contribution in [2.24, 2.45) is 0 Å². The van der Waals surface area contributed by atoms with E-state index in [4.69, 9.17) is 11.6 Å². The van der Waals surface area contributed by atoms with E-state index in [0.717, 1.165) is 24.8 Å². The third kappa shape index (κ3) is 4.69. The molecule has 1 aliphatic heterocycles. The van der Waals surface area contributed by atoms with Gasteiger partial charge in [0, 0.05) is 37.3 Å². The van der Waals surface area contributed by atoms with Gasteiger partial charge >= 0.3 is 0 Å². The molecule has 0 unspecified atom stereocenters. The van der Waals surface area contributed by atoms with E-state index in [1.807, 2.05) is 18.2 Å². The number of halogens is 1. The van der Waals surface area contributed by atoms with E-state index in [2.05, 4.69) is 0 Å². The highest BCUT2D eigenvalue weighted by molar-refractivity contribution is 7.89. The Hall–Kier alpha value is -1.89. The van der Waals surface area contributed by atoms with Gasteiger partial charge in [0.05, 0.1) is 4.90 Å². The molecule has 5 nitrogen and oxygen atoms in total. The number of hydrogen-bond acceptors (Lipinski definition) is 3. The fourth-order valence-corrected chi connectivity index (χ4v) is 5.02. The van der Waals surface area contributed by atoms with E-state index >= 15 is 0 Å². The fraction of sp³-hybridized carbons (Fsp3) is 0.350. The number of nitrogens with zero attached hydrogens (tertiary/aromatic N) is 2. The minimum absolute atomic E-state index is 0.173. The number of carbonyl (C=O) groups excluding carboxylic acids is 1. The molecule has 27 heavy (non-hydrogen) atoms. The molecule has 1 saturated heterocycles. The highest BCUT2D eigenvalue weighted by Gasteiger charge is 2.26. The Morgan fingerprint density at radius 2 is 1.78 bits per heavy atom. The van der Waals surface area contributed by atoms with E-state index in [1.165, 1.54) is 10.4 Å². The molecule has 1 fully saturated rings. The maximum Gasteiger partial charge on any atom is 0.253 e. The summed E-state index contributed by atoms with van der Waals surface area (Å²) in [6.07, 6.45) is 2.80. The summed E-state index contributed by atoms with van der Waals surface area (Å²) in [7, 11) is -1.87. The third-order valence-electron chi connectivity index (χ3n) is 4.69. The first-order valence-electron chi connectivity index (χ1n) is 8.98. The van der Waals surface area contributed by atoms with Gasteiger partial charge in [0.25, 0.3) is 5.91 Å². The van der Waals surface area contributed by atoms with Crippen LogP contribution in [0, 0.1) is 0 Å². The quantitative estimate of drug-likeness (QED) is 0.759. The van der Waals surface area contributed by atoms with Gasteiger partial charge in [-0.05, 0) is 48.7 Å². The highest BCUT2D eigenvalue weighted by Crippen LogP contribution is 2.22. The smallest absolute Gasteiger partial charge is 0.253 e. The maximum absolute atomic E-state index is 12.8. The van der Waals surface area contributed by atoms with Crippen molar-refractivity contribution in [1.29, 1.82) is 0 Å². The lowest BCUT2D eigenvalue weighted by Gasteiger charge is -2.26. The number of carbonyl (C=O) groups is 1. The Bertz CT molecular complexity index is 924. The summed E-state index contributed by atoms with van der Waals surface area (Å²) in [5, 5.41) is 0.614. The zero-order valence-electron chi connectivity index (χ0n) is 15.3. The average Bonchev–Trinajstić information content (AvgIpc) is 2.68. The maximum atomic E-state index is 12.8. The average molecular weight is 407 g/mol. The molecule has 0 aromatic heterocycles. The SMILES string of the molecule is CN(Cc1cccc(Cl)c1)C(=O)c1cccc(S(=O)(=O)N2CCCCC2)c1. The standard InChI is InChI=1S/C20H23ClN2O3S/c1-22(15-16-7-5-9-18(21)13-16)20(24)17-8-6-10-19(14-17)27(25,26)23-11-3-2-4-12-23/h5-10,13-14H,2-4,11-12,15H2,1H3. The monoisotopic (exact) mass is 406 g/mol. The number of piperidine rings is 1. The zero-order chi connectivity index (χ0) is 19.4. The number of hydrogen-bond donors (Lipinski definition) is 0. The van der Waals surface area contributed by atoms with Crippen LogP contribution in [-0.2, 0) is 16.6 Å². The van der Waals surface area contributed by atoms with Gasteiger partial charge in [0.1, 0.15) is 0 Å². The van der Waals surface area contributed by atoms with Crippen molar-refractivity contribution in [2.45, 2.75) is 30.7 Å². The molecule has 2 aromatic rings. The van der Waals surface area contributed by atoms with E-state index in [0.29, 0.717) is 30.2 Å². The van der Waals surface area contributed by atoms with Crippen LogP contribution in [0.25, 0.3) is 0 Å². The molecule has 1 amide bonds. The van der Waals surface area contributed by atoms with Gasteiger partial charge in [-0.3, -0.25) is 4.79 Å². The molecule has 2 aromatic carbocycles. The Labute approximate surface area is 165 Å². The molecule has 1 heterocycles. The summed E-state index contributed by atoms with van der Waals surface area (Å²) in [5.74, 6) is -0.231. The highest BCUT2D eigenvalue weighted by atomic mass is 35.5. The lowest BCUT2D eigenvalue weighted by Crippen LogP contribution is -2.35. The molecule has 1 aliphatic rings. The molecule has 0 atom stereocenters. The fourth-order valence-electron chi connectivity index (χ4n) is 3.25. The van der Waals surface area contributed by atoms with Gasteiger partial charge in [-0.25, -0.2) is 8.42 Å². The molecular weight excluding hydrogens is 384 g/mol. The van der Waals surface area contributed by atoms with Gasteiger partial charge in [-0.2, -0.15) is 4.31 Å². The lowest BCUT2D eigenvalue weighted by molar-refractivity contribution is 0.0785. The van der Waals surface area contributed by atoms with Gasteiger partial charge in [-0.1, -0.05) is 36.2 Å². The second-order valence-corrected chi connectivity index (χ2v) is 9.16. The topological polar surface area (TPSA) is 57.7 Å². The van der Waals surface area contributed by atoms with Gasteiger partial charge in [-0.15, -0.1) is 0 Å². The van der Waals surface area contributed by atoms with Crippen molar-refractivity contribution in [2.75, 3.05) is 20.1 Å². The van der Waals surface area contributed by atoms with Crippen LogP contribution in [-0.4, -0.2) is 43.7 Å². The van der Waals surface area contributed by atoms with E-state index in [-0.39, 0.29) is 10.8 Å². The van der Waals surface area contributed by atoms with E-state index in [9.17, 15) is 13.2 Å². The van der Waals surface area contributed by atoms with Crippen molar-refractivity contribution in [3.8, 4) is 0 Å². The number of sulfonamides is 1. The van der Waals surface area contributed by atoms with Crippen LogP contribution in [0.5, 0.6) is 0 Å². The van der Waals surface area contributed by atoms with Crippen LogP contribution in [0.3, 0.4) is 0 Å². The van der Waals surface area contributed by atoms with Gasteiger partial charge in [0.2, 0.25) is 10.0 Å². The molecule has 0 bridgehead atoms. The van der Waals surface area contributed by atoms with Crippen molar-refractivity contribution >= 4 is 27.5 Å². The summed E-state index contributed by atoms with van der Waals surface area (Å²) in [6.45, 7) is 1.47. The van der Waals surface area contributed by atoms with Crippen molar-refractivity contribution in [3.63, 3.8) is 0 Å². The minimum Gasteiger partial charge on any atom is -0.337 e. The summed E-state index contributed by atoms with van der Waals surface area (Å²) in [5.41, 5.74) is 1.27. The summed E-state index contributed by atoms with van der Waals surface area (Å²) in [6, 6.07) is 13.6. The molecule has 144 valence electrons. The van der Waals surface area contributed by atoms with Crippen LogP contribution >= 0.6 is 11.6 Å². The number of rotatable bonds is 5. The molecule has 3 rings (SSSR count). The van der Waals surface area contributed by atoms with Crippen LogP contribution in [0.2, 0.25) is 5.02 Å². The molecule has 0 N–H and O–H groups in total. The largest absolute Gasteiger partial charge is 0.337 e. The van der Waals surface area contributed by atoms with E-state index in [1.54, 1.807) is 36.2 Å². The van der Waals surface area contributed by atoms with Gasteiger partial charge < -0.3 is 4.90 Å². The molecule has 0 aliphatic carbocycles. The van der Waals surface area contributed by atoms with Crippen LogP contribution in [0.4, 0.5) is 0 Å². The second kappa shape index (κ2) is 8.42. The van der Waals surface area contributed by atoms with Crippen molar-refractivity contribution in [1.82, 2.24) is 9.21 Å². The molecule has 0 saturated carbocycles. The Morgan fingerprint density at radius 3 is 2.48 bits per heavy atom. The predicted octanol–water partition coefficient (Wildman–Crippen LogP) is 3.79. The third-order valence-corrected chi connectivity index (χ3v) is 6.82. The molecule has 0 radical (unpaired) electrons. The zero-order valence-corrected chi connectivity index (χ0v) is 16.8. The molecule has 7 heteroatoms. The molecular formula is C20H23ClN2O3S. The number of benzene rings is 2. The first-order chi connectivity index (χ1) is 12.9. The van der Waals surface area contributed by atoms with Crippen molar-refractivity contribution in [3.05, 3.63) is 64.7 Å². The van der Waals surface area contributed by atoms with Gasteiger partial charge in [0.15, 0.2) is 0 Å². The van der Waals surface area contributed by atoms with Crippen LogP contribution in [0.1, 0.15) is 35.2 Å². The normalized spacial score (nSPS) is 15.5. The Morgan fingerprint density at radius 1 is 1.07 bits per heavy atom. The minimum atomic E-state index is -3.56. The Balaban J connectivity index is 1.78. The van der Waals surface area contributed by atoms with Crippen LogP contribution < -0.4 is 0 Å². The van der Waals surface area contributed by atoms with Crippen LogP contribution in [0.15, 0.2) is 53.4 Å². The Kier molecular flexibility index (Phi) is 6.19. The van der Waals surface area contributed by atoms with Crippen molar-refractivity contribution < 1.29 is 13.2 Å². The first-order valence-corrected chi connectivity index (χ1v) is 10.8.